The molecule has 0 bridgehead atoms. The third-order valence-corrected chi connectivity index (χ3v) is 5.03. The van der Waals surface area contributed by atoms with Crippen LogP contribution in [0.15, 0.2) is 16.8 Å². The van der Waals surface area contributed by atoms with Crippen LogP contribution in [0.25, 0.3) is 17.0 Å². The van der Waals surface area contributed by atoms with E-state index < -0.39 is 6.04 Å². The Kier molecular flexibility index (Phi) is 4.51. The third kappa shape index (κ3) is 2.54. The number of hydrogen-bond donors (Lipinski definition) is 1. The van der Waals surface area contributed by atoms with E-state index in [1.165, 1.54) is 0 Å². The molecule has 1 aliphatic heterocycles. The van der Waals surface area contributed by atoms with Gasteiger partial charge in [-0.3, -0.25) is 0 Å². The summed E-state index contributed by atoms with van der Waals surface area (Å²) in [5.41, 5.74) is 0.731. The van der Waals surface area contributed by atoms with Crippen molar-refractivity contribution in [3.63, 3.8) is 0 Å². The molecule has 2 aliphatic rings. The summed E-state index contributed by atoms with van der Waals surface area (Å²) in [7, 11) is 0. The average molecular weight is 413 g/mol. The van der Waals surface area contributed by atoms with Crippen LogP contribution in [0.1, 0.15) is 53.5 Å². The molecular weight excluding hydrogens is 406 g/mol. The van der Waals surface area contributed by atoms with E-state index in [2.05, 4.69) is 25.3 Å². The molecule has 3 heterocycles. The lowest BCUT2D eigenvalue weighted by Crippen LogP contribution is -2.33. The van der Waals surface area contributed by atoms with Crippen molar-refractivity contribution in [3.8, 4) is 47.8 Å². The molecule has 2 aromatic heterocycles. The molecule has 2 aromatic rings. The minimum absolute atomic E-state index is 0.0132. The minimum atomic E-state index is -0.833. The first-order chi connectivity index (χ1) is 15.6. The van der Waals surface area contributed by atoms with E-state index in [4.69, 9.17) is 0 Å². The van der Waals surface area contributed by atoms with Crippen LogP contribution in [0, 0.1) is 68.0 Å². The predicted molar refractivity (Wildman–Crippen MR) is 103 cm³/mol. The van der Waals surface area contributed by atoms with Gasteiger partial charge in [0.1, 0.15) is 53.5 Å². The molecule has 0 amide bonds. The molecule has 0 radical (unpaired) electrons. The quantitative estimate of drug-likeness (QED) is 0.709. The van der Waals surface area contributed by atoms with Gasteiger partial charge in [0.25, 0.3) is 0 Å². The number of aromatic nitrogens is 4. The molecule has 0 saturated carbocycles. The number of dihydropyridines is 1. The van der Waals surface area contributed by atoms with E-state index in [-0.39, 0.29) is 56.8 Å². The van der Waals surface area contributed by atoms with Crippen LogP contribution in [-0.2, 0) is 0 Å². The minimum Gasteiger partial charge on any atom is -0.363 e. The molecule has 1 N–H and O–H groups in total. The molecule has 32 heavy (non-hydrogen) atoms. The zero-order valence-electron chi connectivity index (χ0n) is 16.3. The van der Waals surface area contributed by atoms with Crippen molar-refractivity contribution in [3.05, 3.63) is 51.0 Å². The van der Waals surface area contributed by atoms with Crippen molar-refractivity contribution in [1.82, 2.24) is 25.3 Å². The van der Waals surface area contributed by atoms with Crippen molar-refractivity contribution < 1.29 is 0 Å². The molecule has 11 nitrogen and oxygen atoms in total. The Hall–Kier alpha value is -5.62. The normalized spacial score (nSPS) is 15.3. The van der Waals surface area contributed by atoms with Crippen molar-refractivity contribution >= 4 is 5.57 Å². The Morgan fingerprint density at radius 1 is 0.688 bits per heavy atom. The lowest BCUT2D eigenvalue weighted by atomic mass is 9.80. The summed E-state index contributed by atoms with van der Waals surface area (Å²) >= 11 is 0. The summed E-state index contributed by atoms with van der Waals surface area (Å²) < 4.78 is 0. The molecule has 0 fully saturated rings. The van der Waals surface area contributed by atoms with E-state index in [1.807, 2.05) is 36.4 Å². The van der Waals surface area contributed by atoms with E-state index in [0.717, 1.165) is 0 Å². The molecule has 0 spiro atoms. The predicted octanol–water partition coefficient (Wildman–Crippen LogP) is 1.54. The fourth-order valence-corrected chi connectivity index (χ4v) is 3.74. The fourth-order valence-electron chi connectivity index (χ4n) is 3.74. The maximum absolute atomic E-state index is 9.69. The van der Waals surface area contributed by atoms with Crippen molar-refractivity contribution in [2.24, 2.45) is 0 Å². The zero-order chi connectivity index (χ0) is 23.0. The molecule has 146 valence electrons. The van der Waals surface area contributed by atoms with E-state index in [9.17, 15) is 31.6 Å². The highest BCUT2D eigenvalue weighted by Gasteiger charge is 2.41. The summed E-state index contributed by atoms with van der Waals surface area (Å²) in [5, 5.41) is 59.9. The monoisotopic (exact) mass is 413 g/mol. The first kappa shape index (κ1) is 19.7. The van der Waals surface area contributed by atoms with Crippen molar-refractivity contribution in [1.29, 1.82) is 31.6 Å². The highest BCUT2D eigenvalue weighted by atomic mass is 15.0. The topological polar surface area (TPSA) is 206 Å². The second-order valence-corrected chi connectivity index (χ2v) is 6.52. The van der Waals surface area contributed by atoms with Crippen LogP contribution in [0.2, 0.25) is 0 Å². The van der Waals surface area contributed by atoms with Gasteiger partial charge in [-0.2, -0.15) is 31.6 Å². The Morgan fingerprint density at radius 3 is 1.72 bits per heavy atom. The van der Waals surface area contributed by atoms with Crippen LogP contribution >= 0.6 is 0 Å². The number of rotatable bonds is 1. The second-order valence-electron chi connectivity index (χ2n) is 6.52. The van der Waals surface area contributed by atoms with Gasteiger partial charge >= 0.3 is 0 Å². The average Bonchev–Trinajstić information content (AvgIpc) is 2.85. The van der Waals surface area contributed by atoms with Crippen LogP contribution in [0.3, 0.4) is 0 Å². The van der Waals surface area contributed by atoms with Gasteiger partial charge < -0.3 is 5.32 Å². The Labute approximate surface area is 181 Å². The second kappa shape index (κ2) is 7.33. The molecule has 1 atom stereocenters. The van der Waals surface area contributed by atoms with E-state index in [0.29, 0.717) is 17.6 Å². The number of nitrogens with one attached hydrogen (secondary N) is 1. The lowest BCUT2D eigenvalue weighted by Gasteiger charge is -2.34. The number of nitriles is 6. The molecular formula is C21H7N11. The van der Waals surface area contributed by atoms with Gasteiger partial charge in [-0.15, -0.1) is 0 Å². The SMILES string of the molecule is CCC1=C2c3nc(C#N)c(C#N)nc3-c3nc(C#N)c(C#N)nc3C2NC(C#N)=C1C#N. The summed E-state index contributed by atoms with van der Waals surface area (Å²) in [6.45, 7) is 1.79. The summed E-state index contributed by atoms with van der Waals surface area (Å²) in [5.74, 6) is 0. The molecule has 4 rings (SSSR count). The standard InChI is InChI=1S/C21H7N11/c1-2-9-10(3-22)11(4-23)28-17-16(9)18-20(30-13(6-25)12(5-24)29-18)21-19(17)31-14(7-26)15(8-27)32-21/h17,28H,2H2,1H3. The number of fused-ring (bicyclic) bond motifs is 6. The van der Waals surface area contributed by atoms with Crippen molar-refractivity contribution in [2.45, 2.75) is 19.4 Å². The highest BCUT2D eigenvalue weighted by molar-refractivity contribution is 5.90. The smallest absolute Gasteiger partial charge is 0.177 e. The molecule has 0 aromatic carbocycles. The van der Waals surface area contributed by atoms with Crippen molar-refractivity contribution in [2.75, 3.05) is 0 Å². The van der Waals surface area contributed by atoms with Gasteiger partial charge in [0, 0.05) is 5.57 Å². The van der Waals surface area contributed by atoms with E-state index in [1.54, 1.807) is 6.92 Å². The first-order valence-corrected chi connectivity index (χ1v) is 9.06. The van der Waals surface area contributed by atoms with Crippen LogP contribution in [0.4, 0.5) is 0 Å². The zero-order valence-corrected chi connectivity index (χ0v) is 16.3. The summed E-state index contributed by atoms with van der Waals surface area (Å²) in [6.07, 6.45) is 0.342. The number of nitrogens with zero attached hydrogens (tertiary/aromatic N) is 10. The largest absolute Gasteiger partial charge is 0.363 e. The number of hydrogen-bond acceptors (Lipinski definition) is 11. The molecule has 11 heteroatoms. The Balaban J connectivity index is 2.23. The van der Waals surface area contributed by atoms with E-state index >= 15 is 0 Å². The van der Waals surface area contributed by atoms with Gasteiger partial charge in [0.2, 0.25) is 0 Å². The highest BCUT2D eigenvalue weighted by Crippen LogP contribution is 2.48. The maximum Gasteiger partial charge on any atom is 0.177 e. The van der Waals surface area contributed by atoms with Gasteiger partial charge in [-0.25, -0.2) is 19.9 Å². The number of allylic oxidation sites excluding steroid dienone is 3. The summed E-state index contributed by atoms with van der Waals surface area (Å²) in [4.78, 5) is 17.1. The van der Waals surface area contributed by atoms with Gasteiger partial charge in [0.15, 0.2) is 22.8 Å². The van der Waals surface area contributed by atoms with Crippen LogP contribution in [-0.4, -0.2) is 19.9 Å². The third-order valence-electron chi connectivity index (χ3n) is 5.03. The van der Waals surface area contributed by atoms with Gasteiger partial charge in [0.05, 0.1) is 23.0 Å². The lowest BCUT2D eigenvalue weighted by molar-refractivity contribution is 0.685. The maximum atomic E-state index is 9.69. The first-order valence-electron chi connectivity index (χ1n) is 9.06. The molecule has 1 unspecified atom stereocenters. The van der Waals surface area contributed by atoms with Crippen LogP contribution in [0.5, 0.6) is 0 Å². The van der Waals surface area contributed by atoms with Gasteiger partial charge in [-0.05, 0) is 12.0 Å². The van der Waals surface area contributed by atoms with Crippen LogP contribution < -0.4 is 5.32 Å². The Bertz CT molecular complexity index is 1550. The van der Waals surface area contributed by atoms with Gasteiger partial charge in [-0.1, -0.05) is 6.92 Å². The molecule has 0 saturated heterocycles. The Morgan fingerprint density at radius 2 is 1.22 bits per heavy atom. The fraction of sp³-hybridized carbons (Fsp3) is 0.143. The summed E-state index contributed by atoms with van der Waals surface area (Å²) in [6, 6.07) is 10.4. The molecule has 1 aliphatic carbocycles.